The molecule has 0 saturated carbocycles. The highest BCUT2D eigenvalue weighted by Gasteiger charge is 2.09. The van der Waals surface area contributed by atoms with Crippen LogP contribution in [-0.4, -0.2) is 37.7 Å². The first-order chi connectivity index (χ1) is 10.7. The Hall–Kier alpha value is -2.01. The number of ether oxygens (including phenoxy) is 1. The van der Waals surface area contributed by atoms with Crippen LogP contribution in [0.1, 0.15) is 0 Å². The van der Waals surface area contributed by atoms with Crippen LogP contribution in [0.2, 0.25) is 0 Å². The SMILES string of the molecule is OCC(O)Cn1ncc2cc(Oc3ccc(P)cc3)ncc21. The summed E-state index contributed by atoms with van der Waals surface area (Å²) in [4.78, 5) is 4.26. The first kappa shape index (κ1) is 14.9. The van der Waals surface area contributed by atoms with Crippen molar-refractivity contribution in [3.8, 4) is 11.6 Å². The third-order valence-electron chi connectivity index (χ3n) is 3.20. The molecule has 0 spiro atoms. The molecule has 0 aliphatic heterocycles. The van der Waals surface area contributed by atoms with Crippen LogP contribution in [0.3, 0.4) is 0 Å². The van der Waals surface area contributed by atoms with E-state index in [9.17, 15) is 5.11 Å². The van der Waals surface area contributed by atoms with Crippen molar-refractivity contribution in [2.75, 3.05) is 6.61 Å². The van der Waals surface area contributed by atoms with Gasteiger partial charge in [0.2, 0.25) is 5.88 Å². The number of rotatable bonds is 5. The maximum absolute atomic E-state index is 9.50. The lowest BCUT2D eigenvalue weighted by Crippen LogP contribution is -2.20. The Morgan fingerprint density at radius 3 is 2.73 bits per heavy atom. The number of hydrogen-bond acceptors (Lipinski definition) is 5. The largest absolute Gasteiger partial charge is 0.439 e. The number of nitrogens with zero attached hydrogens (tertiary/aromatic N) is 3. The van der Waals surface area contributed by atoms with E-state index in [1.165, 1.54) is 0 Å². The van der Waals surface area contributed by atoms with Gasteiger partial charge in [-0.1, -0.05) is 12.1 Å². The van der Waals surface area contributed by atoms with E-state index in [-0.39, 0.29) is 13.2 Å². The normalized spacial score (nSPS) is 12.5. The Labute approximate surface area is 129 Å². The summed E-state index contributed by atoms with van der Waals surface area (Å²) < 4.78 is 7.31. The number of benzene rings is 1. The Morgan fingerprint density at radius 2 is 2.00 bits per heavy atom. The summed E-state index contributed by atoms with van der Waals surface area (Å²) in [5.74, 6) is 1.19. The molecule has 2 N–H and O–H groups in total. The topological polar surface area (TPSA) is 80.4 Å². The molecule has 2 aromatic heterocycles. The van der Waals surface area contributed by atoms with Crippen molar-refractivity contribution in [1.82, 2.24) is 14.8 Å². The summed E-state index contributed by atoms with van der Waals surface area (Å²) in [6.07, 6.45) is 2.48. The van der Waals surface area contributed by atoms with Crippen molar-refractivity contribution in [3.63, 3.8) is 0 Å². The molecule has 114 valence electrons. The lowest BCUT2D eigenvalue weighted by molar-refractivity contribution is 0.0793. The molecule has 0 bridgehead atoms. The number of aromatic nitrogens is 3. The van der Waals surface area contributed by atoms with Gasteiger partial charge < -0.3 is 14.9 Å². The zero-order valence-electron chi connectivity index (χ0n) is 11.8. The van der Waals surface area contributed by atoms with Crippen LogP contribution < -0.4 is 10.0 Å². The van der Waals surface area contributed by atoms with E-state index in [2.05, 4.69) is 19.3 Å². The van der Waals surface area contributed by atoms with E-state index < -0.39 is 6.10 Å². The molecule has 22 heavy (non-hydrogen) atoms. The smallest absolute Gasteiger partial charge is 0.219 e. The maximum Gasteiger partial charge on any atom is 0.219 e. The van der Waals surface area contributed by atoms with Gasteiger partial charge in [0, 0.05) is 11.5 Å². The monoisotopic (exact) mass is 317 g/mol. The third kappa shape index (κ3) is 3.25. The van der Waals surface area contributed by atoms with Crippen molar-refractivity contribution in [2.24, 2.45) is 0 Å². The average molecular weight is 317 g/mol. The highest BCUT2D eigenvalue weighted by molar-refractivity contribution is 7.27. The van der Waals surface area contributed by atoms with Gasteiger partial charge in [-0.05, 0) is 17.4 Å². The predicted octanol–water partition coefficient (Wildman–Crippen LogP) is 1.08. The summed E-state index contributed by atoms with van der Waals surface area (Å²) in [5.41, 5.74) is 0.778. The molecule has 7 heteroatoms. The van der Waals surface area contributed by atoms with Gasteiger partial charge >= 0.3 is 0 Å². The zero-order valence-corrected chi connectivity index (χ0v) is 12.9. The predicted molar refractivity (Wildman–Crippen MR) is 86.5 cm³/mol. The van der Waals surface area contributed by atoms with Crippen LogP contribution in [0.25, 0.3) is 10.9 Å². The van der Waals surface area contributed by atoms with Crippen LogP contribution in [-0.2, 0) is 6.54 Å². The minimum Gasteiger partial charge on any atom is -0.439 e. The fourth-order valence-corrected chi connectivity index (χ4v) is 2.26. The van der Waals surface area contributed by atoms with Crippen molar-refractivity contribution >= 4 is 25.4 Å². The Morgan fingerprint density at radius 1 is 1.23 bits per heavy atom. The number of hydrogen-bond donors (Lipinski definition) is 2. The third-order valence-corrected chi connectivity index (χ3v) is 3.58. The van der Waals surface area contributed by atoms with E-state index >= 15 is 0 Å². The lowest BCUT2D eigenvalue weighted by atomic mass is 10.3. The molecule has 2 unspecified atom stereocenters. The van der Waals surface area contributed by atoms with Gasteiger partial charge in [0.05, 0.1) is 37.2 Å². The molecule has 0 saturated heterocycles. The minimum atomic E-state index is -0.843. The minimum absolute atomic E-state index is 0.220. The van der Waals surface area contributed by atoms with Gasteiger partial charge in [-0.3, -0.25) is 4.68 Å². The van der Waals surface area contributed by atoms with Gasteiger partial charge in [-0.15, -0.1) is 9.24 Å². The maximum atomic E-state index is 9.50. The first-order valence-electron chi connectivity index (χ1n) is 6.79. The molecule has 0 amide bonds. The van der Waals surface area contributed by atoms with Crippen LogP contribution >= 0.6 is 9.24 Å². The summed E-state index contributed by atoms with van der Waals surface area (Å²) in [5, 5.41) is 24.5. The molecule has 1 aromatic carbocycles. The molecule has 0 aliphatic rings. The second kappa shape index (κ2) is 6.40. The molecular formula is C15H16N3O3P. The number of aliphatic hydroxyl groups is 2. The van der Waals surface area contributed by atoms with Crippen molar-refractivity contribution in [3.05, 3.63) is 42.7 Å². The standard InChI is InChI=1S/C15H16N3O3P/c19-9-11(20)8-18-14-7-16-15(5-10(14)6-17-18)21-12-1-3-13(22)4-2-12/h1-7,11,19-20H,8-9,22H2. The molecule has 2 heterocycles. The van der Waals surface area contributed by atoms with Gasteiger partial charge in [-0.2, -0.15) is 5.10 Å². The van der Waals surface area contributed by atoms with Crippen LogP contribution in [0.15, 0.2) is 42.7 Å². The summed E-state index contributed by atoms with van der Waals surface area (Å²) in [7, 11) is 2.62. The summed E-state index contributed by atoms with van der Waals surface area (Å²) in [6, 6.07) is 9.41. The van der Waals surface area contributed by atoms with Crippen molar-refractivity contribution < 1.29 is 14.9 Å². The van der Waals surface area contributed by atoms with Gasteiger partial charge in [0.15, 0.2) is 0 Å². The average Bonchev–Trinajstić information content (AvgIpc) is 2.92. The van der Waals surface area contributed by atoms with E-state index in [0.29, 0.717) is 11.6 Å². The molecule has 0 aliphatic carbocycles. The van der Waals surface area contributed by atoms with E-state index in [1.807, 2.05) is 24.3 Å². The second-order valence-corrected chi connectivity index (χ2v) is 5.58. The van der Waals surface area contributed by atoms with E-state index in [1.54, 1.807) is 23.1 Å². The number of fused-ring (bicyclic) bond motifs is 1. The van der Waals surface area contributed by atoms with Gasteiger partial charge in [0.1, 0.15) is 5.75 Å². The Balaban J connectivity index is 1.83. The molecule has 3 rings (SSSR count). The van der Waals surface area contributed by atoms with Crippen LogP contribution in [0.5, 0.6) is 11.6 Å². The quantitative estimate of drug-likeness (QED) is 0.688. The van der Waals surface area contributed by atoms with Crippen LogP contribution in [0.4, 0.5) is 0 Å². The Bertz CT molecular complexity index is 773. The Kier molecular flexibility index (Phi) is 4.34. The highest BCUT2D eigenvalue weighted by Crippen LogP contribution is 2.23. The van der Waals surface area contributed by atoms with Crippen molar-refractivity contribution in [2.45, 2.75) is 12.6 Å². The zero-order chi connectivity index (χ0) is 15.5. The van der Waals surface area contributed by atoms with Gasteiger partial charge in [-0.25, -0.2) is 4.98 Å². The highest BCUT2D eigenvalue weighted by atomic mass is 31.0. The first-order valence-corrected chi connectivity index (χ1v) is 7.37. The van der Waals surface area contributed by atoms with E-state index in [0.717, 1.165) is 16.2 Å². The van der Waals surface area contributed by atoms with Gasteiger partial charge in [0.25, 0.3) is 0 Å². The summed E-state index contributed by atoms with van der Waals surface area (Å²) in [6.45, 7) is -0.0841. The molecular weight excluding hydrogens is 301 g/mol. The number of pyridine rings is 1. The fraction of sp³-hybridized carbons (Fsp3) is 0.200. The summed E-state index contributed by atoms with van der Waals surface area (Å²) >= 11 is 0. The van der Waals surface area contributed by atoms with Crippen LogP contribution in [0, 0.1) is 0 Å². The molecule has 0 radical (unpaired) electrons. The molecule has 6 nitrogen and oxygen atoms in total. The molecule has 3 aromatic rings. The fourth-order valence-electron chi connectivity index (χ4n) is 2.07. The molecule has 2 atom stereocenters. The van der Waals surface area contributed by atoms with E-state index in [4.69, 9.17) is 9.84 Å². The second-order valence-electron chi connectivity index (χ2n) is 4.92. The lowest BCUT2D eigenvalue weighted by Gasteiger charge is -2.08. The number of aliphatic hydroxyl groups excluding tert-OH is 2. The molecule has 0 fully saturated rings. The van der Waals surface area contributed by atoms with Crippen molar-refractivity contribution in [1.29, 1.82) is 0 Å².